The molecule has 0 spiro atoms. The second-order valence-electron chi connectivity index (χ2n) is 21.9. The molecule has 5 nitrogen and oxygen atoms in total. The van der Waals surface area contributed by atoms with Gasteiger partial charge in [-0.25, -0.2) is 4.85 Å². The first kappa shape index (κ1) is 48.8. The molecule has 77 heavy (non-hydrogen) atoms. The van der Waals surface area contributed by atoms with E-state index in [0.717, 1.165) is 83.9 Å². The average molecular weight is 1010 g/mol. The van der Waals surface area contributed by atoms with Gasteiger partial charge >= 0.3 is 0 Å². The van der Waals surface area contributed by atoms with Crippen LogP contribution in [0.15, 0.2) is 237 Å². The zero-order chi connectivity index (χ0) is 52.8. The highest BCUT2D eigenvalue weighted by molar-refractivity contribution is 7.00. The minimum Gasteiger partial charge on any atom is -0.309 e. The number of fused-ring (bicyclic) bond motifs is 4. The summed E-state index contributed by atoms with van der Waals surface area (Å²) in [5.41, 5.74) is 21.9. The van der Waals surface area contributed by atoms with E-state index in [9.17, 15) is 0 Å². The number of aromatic nitrogens is 3. The minimum absolute atomic E-state index is 0.0299. The first-order valence-electron chi connectivity index (χ1n) is 26.3. The normalized spacial score (nSPS) is 11.8. The molecule has 2 heterocycles. The number of hydrogen-bond acceptors (Lipinski definition) is 4. The zero-order valence-electron chi connectivity index (χ0n) is 44.2. The standard InChI is InChI=1S/C71H57N5S/c1-70(2,3)55-33-42-63-61(45-55)62-46-56(71(4,5)6)34-43-64(62)76(63)59-39-31-51(32-40-59)60-41-44-65(69-68(60)73-77-74-69)75(57-35-27-49(28-36-57)47-17-11-8-12-18-47)58-37-29-50(30-38-58)48-23-25-54(26-24-48)67(72-7)66(52-19-13-9-14-20-52)53-21-15-10-16-22-53/h8-46H,1-6H3. The van der Waals surface area contributed by atoms with Crippen molar-refractivity contribution in [2.75, 3.05) is 4.90 Å². The van der Waals surface area contributed by atoms with E-state index in [-0.39, 0.29) is 10.8 Å². The van der Waals surface area contributed by atoms with Gasteiger partial charge in [0, 0.05) is 33.4 Å². The largest absolute Gasteiger partial charge is 0.309 e. The van der Waals surface area contributed by atoms with E-state index in [0.29, 0.717) is 5.70 Å². The van der Waals surface area contributed by atoms with Crippen LogP contribution in [-0.2, 0) is 10.8 Å². The third-order valence-electron chi connectivity index (χ3n) is 14.9. The van der Waals surface area contributed by atoms with Crippen LogP contribution in [0, 0.1) is 6.57 Å². The smallest absolute Gasteiger partial charge is 0.202 e. The Morgan fingerprint density at radius 1 is 0.442 bits per heavy atom. The van der Waals surface area contributed by atoms with Gasteiger partial charge in [0.05, 0.1) is 35.0 Å². The molecule has 0 unspecified atom stereocenters. The lowest BCUT2D eigenvalue weighted by molar-refractivity contribution is 0.590. The first-order chi connectivity index (χ1) is 37.4. The highest BCUT2D eigenvalue weighted by Crippen LogP contribution is 2.44. The molecular formula is C71H57N5S. The second kappa shape index (κ2) is 19.8. The van der Waals surface area contributed by atoms with Crippen LogP contribution < -0.4 is 4.90 Å². The topological polar surface area (TPSA) is 38.3 Å². The van der Waals surface area contributed by atoms with Gasteiger partial charge in [-0.1, -0.05) is 205 Å². The average Bonchev–Trinajstić information content (AvgIpc) is 4.10. The maximum Gasteiger partial charge on any atom is 0.202 e. The van der Waals surface area contributed by atoms with Gasteiger partial charge in [0.1, 0.15) is 11.0 Å². The van der Waals surface area contributed by atoms with E-state index in [1.54, 1.807) is 0 Å². The van der Waals surface area contributed by atoms with Crippen molar-refractivity contribution < 1.29 is 0 Å². The SMILES string of the molecule is [C-]#[N+]C(=C(c1ccccc1)c1ccccc1)c1ccc(-c2ccc(N(c3ccc(-c4ccccc4)cc3)c3ccc(-c4ccc(-n5c6ccc(C(C)(C)C)cc6c6cc(C(C)(C)C)ccc65)cc4)c4nsnc34)cc2)cc1. The fraction of sp³-hybridized carbons (Fsp3) is 0.113. The molecule has 0 amide bonds. The fourth-order valence-electron chi connectivity index (χ4n) is 10.7. The zero-order valence-corrected chi connectivity index (χ0v) is 45.0. The van der Waals surface area contributed by atoms with Gasteiger partial charge in [0.15, 0.2) is 0 Å². The molecule has 0 aliphatic carbocycles. The molecule has 2 aromatic heterocycles. The van der Waals surface area contributed by atoms with Crippen molar-refractivity contribution in [2.45, 2.75) is 52.4 Å². The molecule has 0 saturated carbocycles. The third kappa shape index (κ3) is 9.30. The summed E-state index contributed by atoms with van der Waals surface area (Å²) in [5, 5.41) is 2.55. The first-order valence-corrected chi connectivity index (χ1v) is 27.0. The van der Waals surface area contributed by atoms with Crippen molar-refractivity contribution in [2.24, 2.45) is 0 Å². The third-order valence-corrected chi connectivity index (χ3v) is 15.4. The Hall–Kier alpha value is -9.15. The molecule has 0 aliphatic rings. The predicted octanol–water partition coefficient (Wildman–Crippen LogP) is 19.7. The van der Waals surface area contributed by atoms with Gasteiger partial charge in [-0.15, -0.1) is 0 Å². The van der Waals surface area contributed by atoms with Crippen molar-refractivity contribution in [3.8, 4) is 39.1 Å². The summed E-state index contributed by atoms with van der Waals surface area (Å²) >= 11 is 1.24. The molecule has 0 atom stereocenters. The Morgan fingerprint density at radius 3 is 1.36 bits per heavy atom. The molecular weight excluding hydrogens is 955 g/mol. The van der Waals surface area contributed by atoms with Crippen LogP contribution in [0.5, 0.6) is 0 Å². The summed E-state index contributed by atoms with van der Waals surface area (Å²) in [7, 11) is 0. The summed E-state index contributed by atoms with van der Waals surface area (Å²) in [6, 6.07) is 84.1. The van der Waals surface area contributed by atoms with Crippen LogP contribution in [0.1, 0.15) is 69.4 Å². The van der Waals surface area contributed by atoms with Crippen LogP contribution >= 0.6 is 11.7 Å². The molecule has 10 aromatic carbocycles. The Bertz CT molecular complexity index is 4060. The summed E-state index contributed by atoms with van der Waals surface area (Å²) in [4.78, 5) is 6.42. The van der Waals surface area contributed by atoms with E-state index < -0.39 is 0 Å². The monoisotopic (exact) mass is 1010 g/mol. The number of nitrogens with zero attached hydrogens (tertiary/aromatic N) is 5. The highest BCUT2D eigenvalue weighted by atomic mass is 32.1. The van der Waals surface area contributed by atoms with Gasteiger partial charge in [0.2, 0.25) is 5.70 Å². The summed E-state index contributed by atoms with van der Waals surface area (Å²) < 4.78 is 12.4. The van der Waals surface area contributed by atoms with E-state index in [1.165, 1.54) is 50.2 Å². The van der Waals surface area contributed by atoms with Crippen LogP contribution in [0.4, 0.5) is 17.1 Å². The Kier molecular flexibility index (Phi) is 12.6. The van der Waals surface area contributed by atoms with Gasteiger partial charge < -0.3 is 9.47 Å². The van der Waals surface area contributed by atoms with Gasteiger partial charge in [0.25, 0.3) is 0 Å². The van der Waals surface area contributed by atoms with Crippen LogP contribution in [0.2, 0.25) is 0 Å². The van der Waals surface area contributed by atoms with E-state index in [4.69, 9.17) is 15.3 Å². The minimum atomic E-state index is 0.0299. The molecule has 0 saturated heterocycles. The van der Waals surface area contributed by atoms with Crippen molar-refractivity contribution in [3.05, 3.63) is 276 Å². The molecule has 0 fully saturated rings. The Labute approximate surface area is 455 Å². The fourth-order valence-corrected chi connectivity index (χ4v) is 11.3. The molecule has 0 N–H and O–H groups in total. The van der Waals surface area contributed by atoms with E-state index in [1.807, 2.05) is 42.5 Å². The van der Waals surface area contributed by atoms with E-state index >= 15 is 0 Å². The number of hydrogen-bond donors (Lipinski definition) is 0. The molecule has 12 aromatic rings. The molecule has 12 rings (SSSR count). The summed E-state index contributed by atoms with van der Waals surface area (Å²) in [6.07, 6.45) is 0. The molecule has 0 bridgehead atoms. The highest BCUT2D eigenvalue weighted by Gasteiger charge is 2.24. The van der Waals surface area contributed by atoms with Crippen LogP contribution in [-0.4, -0.2) is 13.3 Å². The van der Waals surface area contributed by atoms with Crippen molar-refractivity contribution in [1.29, 1.82) is 0 Å². The lowest BCUT2D eigenvalue weighted by Crippen LogP contribution is -2.10. The van der Waals surface area contributed by atoms with E-state index in [2.05, 4.69) is 250 Å². The van der Waals surface area contributed by atoms with Gasteiger partial charge in [-0.2, -0.15) is 8.75 Å². The van der Waals surface area contributed by atoms with Crippen molar-refractivity contribution in [1.82, 2.24) is 13.3 Å². The maximum absolute atomic E-state index is 8.37. The molecule has 0 radical (unpaired) electrons. The van der Waals surface area contributed by atoms with Crippen LogP contribution in [0.3, 0.4) is 0 Å². The number of benzene rings is 10. The van der Waals surface area contributed by atoms with Crippen molar-refractivity contribution in [3.63, 3.8) is 0 Å². The lowest BCUT2D eigenvalue weighted by atomic mass is 9.85. The quantitative estimate of drug-likeness (QED) is 0.101. The Morgan fingerprint density at radius 2 is 0.883 bits per heavy atom. The predicted molar refractivity (Wildman–Crippen MR) is 326 cm³/mol. The molecule has 6 heteroatoms. The van der Waals surface area contributed by atoms with Crippen molar-refractivity contribution >= 4 is 72.9 Å². The number of rotatable bonds is 10. The summed E-state index contributed by atoms with van der Waals surface area (Å²) in [5.74, 6) is 0. The van der Waals surface area contributed by atoms with Gasteiger partial charge in [-0.05, 0) is 145 Å². The summed E-state index contributed by atoms with van der Waals surface area (Å²) in [6.45, 7) is 22.1. The Balaban J connectivity index is 0.905. The second-order valence-corrected chi connectivity index (χ2v) is 22.4. The lowest BCUT2D eigenvalue weighted by Gasteiger charge is -2.26. The molecule has 372 valence electrons. The van der Waals surface area contributed by atoms with Gasteiger partial charge in [-0.3, -0.25) is 0 Å². The number of anilines is 3. The molecule has 0 aliphatic heterocycles. The van der Waals surface area contributed by atoms with Crippen LogP contribution in [0.25, 0.3) is 88.0 Å². The maximum atomic E-state index is 8.37.